The molecule has 0 unspecified atom stereocenters. The quantitative estimate of drug-likeness (QED) is 0.139. The van der Waals surface area contributed by atoms with E-state index in [1.807, 2.05) is 35.4 Å². The van der Waals surface area contributed by atoms with Gasteiger partial charge in [0.25, 0.3) is 17.5 Å². The summed E-state index contributed by atoms with van der Waals surface area (Å²) < 4.78 is 32.9. The molecule has 4 heterocycles. The number of aromatic nitrogens is 4. The Morgan fingerprint density at radius 3 is 1.59 bits per heavy atom. The largest absolute Gasteiger partial charge is 0.478 e. The number of halogens is 4. The first kappa shape index (κ1) is 49.2. The summed E-state index contributed by atoms with van der Waals surface area (Å²) in [5, 5.41) is 42.7. The van der Waals surface area contributed by atoms with Gasteiger partial charge in [-0.1, -0.05) is 23.2 Å². The molecule has 2 aromatic carbocycles. The van der Waals surface area contributed by atoms with Gasteiger partial charge < -0.3 is 24.7 Å². The summed E-state index contributed by atoms with van der Waals surface area (Å²) in [6.45, 7) is 6.50. The van der Waals surface area contributed by atoms with Crippen molar-refractivity contribution in [2.24, 2.45) is 24.3 Å². The molecule has 0 bridgehead atoms. The lowest BCUT2D eigenvalue weighted by Crippen LogP contribution is -2.56. The Bertz CT molecular complexity index is 2510. The molecule has 0 spiro atoms. The van der Waals surface area contributed by atoms with Gasteiger partial charge in [0.2, 0.25) is 5.78 Å². The highest BCUT2D eigenvalue weighted by atomic mass is 35.5. The van der Waals surface area contributed by atoms with Gasteiger partial charge in [-0.15, -0.1) is 0 Å². The third kappa shape index (κ3) is 11.9. The molecule has 340 valence electrons. The zero-order valence-corrected chi connectivity index (χ0v) is 37.3. The monoisotopic (exact) mass is 922 g/mol. The van der Waals surface area contributed by atoms with Gasteiger partial charge in [0.05, 0.1) is 56.6 Å². The molecule has 0 radical (unpaired) electrons. The van der Waals surface area contributed by atoms with E-state index in [1.54, 1.807) is 40.0 Å². The van der Waals surface area contributed by atoms with Crippen molar-refractivity contribution in [3.8, 4) is 0 Å². The number of rotatable bonds is 9. The second kappa shape index (κ2) is 20.6. The number of carbonyl (C=O) groups is 2. The second-order valence-electron chi connectivity index (χ2n) is 14.8. The van der Waals surface area contributed by atoms with Crippen LogP contribution in [0.2, 0.25) is 10.0 Å². The van der Waals surface area contributed by atoms with Crippen LogP contribution < -0.4 is 5.56 Å². The average Bonchev–Trinajstić information content (AvgIpc) is 3.61. The Kier molecular flexibility index (Phi) is 16.1. The van der Waals surface area contributed by atoms with Crippen LogP contribution in [0.4, 0.5) is 8.78 Å². The Morgan fingerprint density at radius 2 is 1.24 bits per heavy atom. The number of aromatic amines is 1. The number of hydrogen-bond donors (Lipinski definition) is 2. The van der Waals surface area contributed by atoms with Crippen LogP contribution in [0.15, 0.2) is 45.3 Å². The van der Waals surface area contributed by atoms with Crippen molar-refractivity contribution in [1.29, 1.82) is 0 Å². The molecule has 22 nitrogen and oxygen atoms in total. The molecule has 2 aliphatic heterocycles. The molecule has 2 aromatic heterocycles. The van der Waals surface area contributed by atoms with Crippen LogP contribution in [0, 0.1) is 52.6 Å². The van der Waals surface area contributed by atoms with Crippen molar-refractivity contribution < 1.29 is 33.5 Å². The third-order valence-electron chi connectivity index (χ3n) is 9.56. The van der Waals surface area contributed by atoms with E-state index in [9.17, 15) is 39.0 Å². The van der Waals surface area contributed by atoms with Crippen LogP contribution >= 0.6 is 23.2 Å². The molecule has 0 amide bonds. The summed E-state index contributed by atoms with van der Waals surface area (Å²) in [5.41, 5.74) is 0.960. The molecular formula is C37H46Cl2F2N14O8. The Hall–Kier alpha value is -6.50. The lowest BCUT2D eigenvalue weighted by atomic mass is 10.0. The van der Waals surface area contributed by atoms with Gasteiger partial charge in [0.1, 0.15) is 27.4 Å². The van der Waals surface area contributed by atoms with Gasteiger partial charge >= 0.3 is 5.97 Å². The molecule has 2 fully saturated rings. The molecule has 4 aromatic rings. The molecule has 0 aliphatic carbocycles. The Balaban J connectivity index is 0.000000240. The number of nitro groups is 2. The van der Waals surface area contributed by atoms with E-state index >= 15 is 4.39 Å². The van der Waals surface area contributed by atoms with Gasteiger partial charge in [-0.3, -0.25) is 33.9 Å². The molecule has 26 heteroatoms. The molecule has 6 rings (SSSR count). The van der Waals surface area contributed by atoms with E-state index in [1.165, 1.54) is 45.6 Å². The lowest BCUT2D eigenvalue weighted by molar-refractivity contribution is -0.486. The maximum Gasteiger partial charge on any atom is 0.338 e. The number of aromatic carboxylic acids is 1. The second-order valence-corrected chi connectivity index (χ2v) is 15.6. The highest BCUT2D eigenvalue weighted by molar-refractivity contribution is 6.32. The summed E-state index contributed by atoms with van der Waals surface area (Å²) in [6.07, 6.45) is 0. The molecular weight excluding hydrogens is 877 g/mol. The summed E-state index contributed by atoms with van der Waals surface area (Å²) in [6, 6.07) is 6.99. The van der Waals surface area contributed by atoms with E-state index in [0.29, 0.717) is 19.0 Å². The van der Waals surface area contributed by atoms with Crippen molar-refractivity contribution in [3.63, 3.8) is 0 Å². The lowest BCUT2D eigenvalue weighted by Gasteiger charge is -2.40. The zero-order chi connectivity index (χ0) is 47.2. The third-order valence-corrected chi connectivity index (χ3v) is 10.3. The number of nitrogens with zero attached hydrogens (tertiary/aromatic N) is 13. The molecule has 2 saturated heterocycles. The van der Waals surface area contributed by atoms with Crippen LogP contribution in [0.1, 0.15) is 54.5 Å². The van der Waals surface area contributed by atoms with Crippen LogP contribution in [0.25, 0.3) is 0 Å². The molecule has 2 aliphatic rings. The van der Waals surface area contributed by atoms with E-state index < -0.39 is 44.6 Å². The van der Waals surface area contributed by atoms with Crippen LogP contribution in [-0.2, 0) is 27.2 Å². The first-order valence-electron chi connectivity index (χ1n) is 18.6. The fraction of sp³-hybridized carbons (Fsp3) is 0.405. The number of ketones is 1. The number of benzene rings is 2. The number of aryl methyl sites for hydroxylation is 5. The highest BCUT2D eigenvalue weighted by Gasteiger charge is 2.32. The maximum atomic E-state index is 15.4. The van der Waals surface area contributed by atoms with Crippen molar-refractivity contribution in [1.82, 2.24) is 49.0 Å². The molecule has 63 heavy (non-hydrogen) atoms. The van der Waals surface area contributed by atoms with Crippen LogP contribution in [0.3, 0.4) is 0 Å². The van der Waals surface area contributed by atoms with Gasteiger partial charge in [-0.25, -0.2) is 33.8 Å². The predicted octanol–water partition coefficient (Wildman–Crippen LogP) is 3.54. The first-order valence-corrected chi connectivity index (χ1v) is 19.4. The minimum atomic E-state index is -1.42. The number of nitrogens with one attached hydrogen (secondary N) is 1. The van der Waals surface area contributed by atoms with E-state index in [4.69, 9.17) is 28.3 Å². The van der Waals surface area contributed by atoms with Gasteiger partial charge in [0.15, 0.2) is 10.1 Å². The number of hydrazone groups is 2. The highest BCUT2D eigenvalue weighted by Crippen LogP contribution is 2.28. The average molecular weight is 924 g/mol. The number of H-pyrrole nitrogens is 1. The number of hydrogen-bond acceptors (Lipinski definition) is 10. The minimum absolute atomic E-state index is 0.0303. The van der Waals surface area contributed by atoms with Crippen molar-refractivity contribution in [3.05, 3.63) is 127 Å². The molecule has 0 atom stereocenters. The summed E-state index contributed by atoms with van der Waals surface area (Å²) in [4.78, 5) is 67.6. The van der Waals surface area contributed by atoms with E-state index in [-0.39, 0.29) is 70.6 Å². The van der Waals surface area contributed by atoms with Crippen molar-refractivity contribution >= 4 is 46.9 Å². The minimum Gasteiger partial charge on any atom is -0.478 e. The standard InChI is InChI=1S/C18H21ClFN7O4.C13H15ClFN5O4.C6H10N2/c1-10-14(17(29)25(4)21-10)16(28)11-5-6-13(19)12(15(11)20)7-26-9-23(2)8-24(3)18(26)22-27(30)31;1-17-6-18(2)13(16-20(23)24)19(7-17)5-9-10(14)4-3-8(11(9)15)12(21)22;1-5-4-6(2)8(3)7-5/h5-6,21H,7-9H2,1-4H3;3-4H,5-7H2,1-2H3,(H,21,22);4H,1-3H3/b22-18+;16-13+;. The number of guanidine groups is 2. The normalized spacial score (nSPS) is 15.9. The number of carboxylic acids is 1. The number of carbonyl (C=O) groups excluding carboxylic acids is 1. The number of carboxylic acid groups (broad SMARTS) is 1. The smallest absolute Gasteiger partial charge is 0.338 e. The Morgan fingerprint density at radius 1 is 0.794 bits per heavy atom. The van der Waals surface area contributed by atoms with Crippen LogP contribution in [0.5, 0.6) is 0 Å². The van der Waals surface area contributed by atoms with Gasteiger partial charge in [-0.05, 0) is 65.2 Å². The van der Waals surface area contributed by atoms with Crippen molar-refractivity contribution in [2.75, 3.05) is 54.9 Å². The topological polar surface area (TPSA) is 240 Å². The zero-order valence-electron chi connectivity index (χ0n) is 35.8. The molecule has 0 saturated carbocycles. The van der Waals surface area contributed by atoms with E-state index in [2.05, 4.69) is 26.5 Å². The van der Waals surface area contributed by atoms with Crippen LogP contribution in [-0.4, -0.2) is 143 Å². The van der Waals surface area contributed by atoms with Gasteiger partial charge in [-0.2, -0.15) is 5.10 Å². The fourth-order valence-corrected chi connectivity index (χ4v) is 7.25. The van der Waals surface area contributed by atoms with Gasteiger partial charge in [0, 0.05) is 60.8 Å². The summed E-state index contributed by atoms with van der Waals surface area (Å²) in [5.74, 6) is -3.98. The maximum absolute atomic E-state index is 15.4. The van der Waals surface area contributed by atoms with E-state index in [0.717, 1.165) is 16.4 Å². The first-order chi connectivity index (χ1) is 29.4. The summed E-state index contributed by atoms with van der Waals surface area (Å²) >= 11 is 12.2. The summed E-state index contributed by atoms with van der Waals surface area (Å²) in [7, 11) is 10.2. The van der Waals surface area contributed by atoms with Crippen molar-refractivity contribution in [2.45, 2.75) is 33.9 Å². The predicted molar refractivity (Wildman–Crippen MR) is 227 cm³/mol. The Labute approximate surface area is 369 Å². The fourth-order valence-electron chi connectivity index (χ4n) is 6.83. The SMILES string of the molecule is CN1CN(C)/C(=N\[N+](=O)[O-])N(Cc2c(Cl)ccc(C(=O)O)c2F)C1.Cc1[nH]n(C)c(=O)c1C(=O)c1ccc(Cl)c(CN2CN(C)CN(C)/C2=N\[N+](=O)[O-])c1F.Cc1cc(C)n(C)n1. The molecule has 2 N–H and O–H groups in total.